The van der Waals surface area contributed by atoms with Gasteiger partial charge in [0.25, 0.3) is 0 Å². The zero-order chi connectivity index (χ0) is 12.8. The van der Waals surface area contributed by atoms with Crippen molar-refractivity contribution in [2.45, 2.75) is 26.5 Å². The number of furan rings is 1. The molecule has 3 nitrogen and oxygen atoms in total. The lowest BCUT2D eigenvalue weighted by atomic mass is 10.2. The zero-order valence-electron chi connectivity index (χ0n) is 10.8. The van der Waals surface area contributed by atoms with Crippen molar-refractivity contribution in [3.8, 4) is 5.75 Å². The minimum absolute atomic E-state index is 0.127. The van der Waals surface area contributed by atoms with Crippen molar-refractivity contribution in [3.05, 3.63) is 54.0 Å². The van der Waals surface area contributed by atoms with E-state index >= 15 is 0 Å². The van der Waals surface area contributed by atoms with Gasteiger partial charge in [0.15, 0.2) is 0 Å². The predicted octanol–water partition coefficient (Wildman–Crippen LogP) is 3.15. The largest absolute Gasteiger partial charge is 0.489 e. The van der Waals surface area contributed by atoms with Gasteiger partial charge in [0.1, 0.15) is 17.6 Å². The Balaban J connectivity index is 1.71. The molecule has 1 aromatic heterocycles. The maximum Gasteiger partial charge on any atom is 0.119 e. The lowest BCUT2D eigenvalue weighted by molar-refractivity contribution is 0.215. The molecule has 0 fully saturated rings. The Bertz CT molecular complexity index is 448. The zero-order valence-corrected chi connectivity index (χ0v) is 10.8. The van der Waals surface area contributed by atoms with Crippen LogP contribution < -0.4 is 10.1 Å². The standard InChI is InChI=1S/C15H19NO2/c1-12-5-7-14(8-6-12)18-13(2)10-16-11-15-4-3-9-17-15/h3-9,13,16H,10-11H2,1-2H3. The molecule has 1 heterocycles. The summed E-state index contributed by atoms with van der Waals surface area (Å²) < 4.78 is 11.0. The Labute approximate surface area is 108 Å². The third-order valence-corrected chi connectivity index (χ3v) is 2.67. The van der Waals surface area contributed by atoms with Gasteiger partial charge in [-0.1, -0.05) is 17.7 Å². The van der Waals surface area contributed by atoms with E-state index in [9.17, 15) is 0 Å². The molecule has 0 saturated heterocycles. The second-order valence-corrected chi connectivity index (χ2v) is 4.45. The molecule has 1 aromatic carbocycles. The van der Waals surface area contributed by atoms with Crippen molar-refractivity contribution in [1.82, 2.24) is 5.32 Å². The van der Waals surface area contributed by atoms with E-state index in [1.54, 1.807) is 6.26 Å². The van der Waals surface area contributed by atoms with E-state index in [0.717, 1.165) is 24.6 Å². The van der Waals surface area contributed by atoms with Crippen LogP contribution in [-0.2, 0) is 6.54 Å². The van der Waals surface area contributed by atoms with Crippen LogP contribution in [0.2, 0.25) is 0 Å². The van der Waals surface area contributed by atoms with Gasteiger partial charge in [-0.05, 0) is 38.1 Å². The molecule has 0 aliphatic rings. The van der Waals surface area contributed by atoms with Crippen molar-refractivity contribution >= 4 is 0 Å². The first-order valence-electron chi connectivity index (χ1n) is 6.20. The van der Waals surface area contributed by atoms with E-state index in [1.165, 1.54) is 5.56 Å². The summed E-state index contributed by atoms with van der Waals surface area (Å²) in [6.45, 7) is 5.64. The minimum Gasteiger partial charge on any atom is -0.489 e. The van der Waals surface area contributed by atoms with E-state index in [2.05, 4.69) is 31.3 Å². The molecule has 3 heteroatoms. The average molecular weight is 245 g/mol. The van der Waals surface area contributed by atoms with Crippen LogP contribution in [0.15, 0.2) is 47.1 Å². The normalized spacial score (nSPS) is 12.3. The molecule has 1 N–H and O–H groups in total. The summed E-state index contributed by atoms with van der Waals surface area (Å²) in [6.07, 6.45) is 1.81. The highest BCUT2D eigenvalue weighted by molar-refractivity contribution is 5.26. The molecular formula is C15H19NO2. The predicted molar refractivity (Wildman–Crippen MR) is 71.7 cm³/mol. The number of rotatable bonds is 6. The van der Waals surface area contributed by atoms with Crippen molar-refractivity contribution < 1.29 is 9.15 Å². The van der Waals surface area contributed by atoms with E-state index in [4.69, 9.17) is 9.15 Å². The van der Waals surface area contributed by atoms with Gasteiger partial charge in [0, 0.05) is 6.54 Å². The van der Waals surface area contributed by atoms with E-state index < -0.39 is 0 Å². The van der Waals surface area contributed by atoms with Gasteiger partial charge in [-0.15, -0.1) is 0 Å². The molecule has 0 bridgehead atoms. The molecule has 0 aliphatic heterocycles. The van der Waals surface area contributed by atoms with Gasteiger partial charge in [0.2, 0.25) is 0 Å². The summed E-state index contributed by atoms with van der Waals surface area (Å²) in [7, 11) is 0. The van der Waals surface area contributed by atoms with Gasteiger partial charge < -0.3 is 14.5 Å². The van der Waals surface area contributed by atoms with Gasteiger partial charge in [-0.3, -0.25) is 0 Å². The second-order valence-electron chi connectivity index (χ2n) is 4.45. The summed E-state index contributed by atoms with van der Waals surface area (Å²) in [6, 6.07) is 12.0. The van der Waals surface area contributed by atoms with Crippen molar-refractivity contribution in [2.75, 3.05) is 6.54 Å². The lowest BCUT2D eigenvalue weighted by Gasteiger charge is -2.15. The second kappa shape index (κ2) is 6.26. The minimum atomic E-state index is 0.127. The summed E-state index contributed by atoms with van der Waals surface area (Å²) in [5.41, 5.74) is 1.24. The maximum absolute atomic E-state index is 5.80. The summed E-state index contributed by atoms with van der Waals surface area (Å²) in [4.78, 5) is 0. The highest BCUT2D eigenvalue weighted by Gasteiger charge is 2.04. The maximum atomic E-state index is 5.80. The van der Waals surface area contributed by atoms with Crippen molar-refractivity contribution in [2.24, 2.45) is 0 Å². The summed E-state index contributed by atoms with van der Waals surface area (Å²) >= 11 is 0. The van der Waals surface area contributed by atoms with E-state index in [0.29, 0.717) is 0 Å². The van der Waals surface area contributed by atoms with E-state index in [1.807, 2.05) is 24.3 Å². The fourth-order valence-electron chi connectivity index (χ4n) is 1.70. The van der Waals surface area contributed by atoms with Crippen LogP contribution in [-0.4, -0.2) is 12.6 Å². The number of benzene rings is 1. The van der Waals surface area contributed by atoms with Crippen LogP contribution in [0.1, 0.15) is 18.2 Å². The van der Waals surface area contributed by atoms with Crippen LogP contribution in [0.5, 0.6) is 5.75 Å². The van der Waals surface area contributed by atoms with Crippen LogP contribution in [0.4, 0.5) is 0 Å². The van der Waals surface area contributed by atoms with Gasteiger partial charge in [-0.2, -0.15) is 0 Å². The quantitative estimate of drug-likeness (QED) is 0.849. The van der Waals surface area contributed by atoms with E-state index in [-0.39, 0.29) is 6.10 Å². The first-order chi connectivity index (χ1) is 8.74. The van der Waals surface area contributed by atoms with Crippen molar-refractivity contribution in [1.29, 1.82) is 0 Å². The molecule has 96 valence electrons. The third kappa shape index (κ3) is 3.93. The van der Waals surface area contributed by atoms with Crippen molar-refractivity contribution in [3.63, 3.8) is 0 Å². The molecule has 1 atom stereocenters. The summed E-state index contributed by atoms with van der Waals surface area (Å²) in [5, 5.41) is 3.30. The first-order valence-corrected chi connectivity index (χ1v) is 6.20. The fourth-order valence-corrected chi connectivity index (χ4v) is 1.70. The molecule has 0 aliphatic carbocycles. The molecule has 0 radical (unpaired) electrons. The Kier molecular flexibility index (Phi) is 4.42. The van der Waals surface area contributed by atoms with Gasteiger partial charge in [-0.25, -0.2) is 0 Å². The Hall–Kier alpha value is -1.74. The Morgan fingerprint density at radius 1 is 1.22 bits per heavy atom. The molecule has 1 unspecified atom stereocenters. The third-order valence-electron chi connectivity index (χ3n) is 2.67. The van der Waals surface area contributed by atoms with Crippen LogP contribution in [0, 0.1) is 6.92 Å². The molecule has 2 rings (SSSR count). The topological polar surface area (TPSA) is 34.4 Å². The van der Waals surface area contributed by atoms with Crippen LogP contribution >= 0.6 is 0 Å². The smallest absolute Gasteiger partial charge is 0.119 e. The van der Waals surface area contributed by atoms with Gasteiger partial charge in [0.05, 0.1) is 12.8 Å². The average Bonchev–Trinajstić information content (AvgIpc) is 2.85. The SMILES string of the molecule is Cc1ccc(OC(C)CNCc2ccco2)cc1. The molecule has 0 spiro atoms. The molecule has 0 amide bonds. The molecule has 0 saturated carbocycles. The number of ether oxygens (including phenoxy) is 1. The number of hydrogen-bond donors (Lipinski definition) is 1. The fraction of sp³-hybridized carbons (Fsp3) is 0.333. The Morgan fingerprint density at radius 3 is 2.67 bits per heavy atom. The Morgan fingerprint density at radius 2 is 2.00 bits per heavy atom. The highest BCUT2D eigenvalue weighted by atomic mass is 16.5. The number of aryl methyl sites for hydroxylation is 1. The monoisotopic (exact) mass is 245 g/mol. The first kappa shape index (κ1) is 12.7. The highest BCUT2D eigenvalue weighted by Crippen LogP contribution is 2.13. The molecule has 18 heavy (non-hydrogen) atoms. The van der Waals surface area contributed by atoms with Crippen LogP contribution in [0.25, 0.3) is 0 Å². The molecular weight excluding hydrogens is 226 g/mol. The lowest BCUT2D eigenvalue weighted by Crippen LogP contribution is -2.28. The van der Waals surface area contributed by atoms with Gasteiger partial charge >= 0.3 is 0 Å². The number of hydrogen-bond acceptors (Lipinski definition) is 3. The summed E-state index contributed by atoms with van der Waals surface area (Å²) in [5.74, 6) is 1.85. The van der Waals surface area contributed by atoms with Crippen LogP contribution in [0.3, 0.4) is 0 Å². The molecule has 2 aromatic rings. The number of nitrogens with one attached hydrogen (secondary N) is 1.